The molecule has 2 aliphatic rings. The number of fused-ring (bicyclic) bond motifs is 1. The second-order valence-electron chi connectivity index (χ2n) is 6.23. The van der Waals surface area contributed by atoms with E-state index in [1.54, 1.807) is 13.3 Å². The standard InChI is InChI=1S/C17H23NO2/c1-20-15-7-4-10-18-16(15)17(19)14-9-8-12-5-2-3-6-13(12)11-14/h4,7,10,12-14H,2-3,5-6,8-9,11H2,1H3. The molecule has 0 radical (unpaired) electrons. The zero-order valence-electron chi connectivity index (χ0n) is 12.2. The predicted octanol–water partition coefficient (Wildman–Crippen LogP) is 3.88. The van der Waals surface area contributed by atoms with Gasteiger partial charge in [-0.15, -0.1) is 0 Å². The van der Waals surface area contributed by atoms with Crippen LogP contribution in [-0.4, -0.2) is 17.9 Å². The molecular formula is C17H23NO2. The molecule has 20 heavy (non-hydrogen) atoms. The molecule has 0 spiro atoms. The fourth-order valence-corrected chi connectivity index (χ4v) is 4.05. The number of rotatable bonds is 3. The average Bonchev–Trinajstić information content (AvgIpc) is 2.53. The fourth-order valence-electron chi connectivity index (χ4n) is 4.05. The van der Waals surface area contributed by atoms with E-state index in [-0.39, 0.29) is 11.7 Å². The Hall–Kier alpha value is -1.38. The molecule has 0 aromatic carbocycles. The van der Waals surface area contributed by atoms with E-state index in [2.05, 4.69) is 4.98 Å². The molecule has 3 heteroatoms. The SMILES string of the molecule is COc1cccnc1C(=O)C1CCC2CCCCC2C1. The van der Waals surface area contributed by atoms with Crippen molar-refractivity contribution in [1.82, 2.24) is 4.98 Å². The van der Waals surface area contributed by atoms with Gasteiger partial charge in [0.15, 0.2) is 5.78 Å². The molecule has 3 unspecified atom stereocenters. The summed E-state index contributed by atoms with van der Waals surface area (Å²) in [7, 11) is 1.60. The number of pyridine rings is 1. The molecule has 1 heterocycles. The fraction of sp³-hybridized carbons (Fsp3) is 0.647. The van der Waals surface area contributed by atoms with Crippen LogP contribution in [0.15, 0.2) is 18.3 Å². The maximum Gasteiger partial charge on any atom is 0.188 e. The maximum absolute atomic E-state index is 12.7. The Labute approximate surface area is 120 Å². The van der Waals surface area contributed by atoms with Gasteiger partial charge >= 0.3 is 0 Å². The number of hydrogen-bond donors (Lipinski definition) is 0. The number of carbonyl (C=O) groups is 1. The van der Waals surface area contributed by atoms with Gasteiger partial charge in [0.1, 0.15) is 11.4 Å². The molecule has 2 fully saturated rings. The lowest BCUT2D eigenvalue weighted by Gasteiger charge is -2.38. The van der Waals surface area contributed by atoms with Gasteiger partial charge in [-0.3, -0.25) is 4.79 Å². The van der Waals surface area contributed by atoms with E-state index in [1.807, 2.05) is 12.1 Å². The van der Waals surface area contributed by atoms with Crippen molar-refractivity contribution in [2.24, 2.45) is 17.8 Å². The van der Waals surface area contributed by atoms with E-state index in [0.717, 1.165) is 24.7 Å². The molecule has 3 rings (SSSR count). The Morgan fingerprint density at radius 1 is 1.20 bits per heavy atom. The Balaban J connectivity index is 1.74. The monoisotopic (exact) mass is 273 g/mol. The number of methoxy groups -OCH3 is 1. The van der Waals surface area contributed by atoms with Crippen LogP contribution in [0.4, 0.5) is 0 Å². The summed E-state index contributed by atoms with van der Waals surface area (Å²) in [6.07, 6.45) is 10.4. The molecule has 2 aliphatic carbocycles. The lowest BCUT2D eigenvalue weighted by atomic mass is 9.66. The highest BCUT2D eigenvalue weighted by Crippen LogP contribution is 2.43. The molecule has 1 aromatic rings. The van der Waals surface area contributed by atoms with Crippen molar-refractivity contribution in [3.05, 3.63) is 24.0 Å². The van der Waals surface area contributed by atoms with E-state index in [9.17, 15) is 4.79 Å². The quantitative estimate of drug-likeness (QED) is 0.784. The van der Waals surface area contributed by atoms with Crippen molar-refractivity contribution in [2.45, 2.75) is 44.9 Å². The largest absolute Gasteiger partial charge is 0.494 e. The summed E-state index contributed by atoms with van der Waals surface area (Å²) in [5.41, 5.74) is 0.522. The molecule has 2 saturated carbocycles. The summed E-state index contributed by atoms with van der Waals surface area (Å²) in [5, 5.41) is 0. The molecule has 0 bridgehead atoms. The van der Waals surface area contributed by atoms with Gasteiger partial charge in [-0.1, -0.05) is 25.7 Å². The first kappa shape index (κ1) is 13.6. The number of Topliss-reactive ketones (excluding diaryl/α,β-unsaturated/α-hetero) is 1. The van der Waals surface area contributed by atoms with Gasteiger partial charge in [0.25, 0.3) is 0 Å². The van der Waals surface area contributed by atoms with Crippen LogP contribution in [0.1, 0.15) is 55.4 Å². The van der Waals surface area contributed by atoms with Crippen molar-refractivity contribution in [2.75, 3.05) is 7.11 Å². The van der Waals surface area contributed by atoms with Crippen LogP contribution >= 0.6 is 0 Å². The summed E-state index contributed by atoms with van der Waals surface area (Å²) in [5.74, 6) is 2.59. The number of carbonyl (C=O) groups excluding carboxylic acids is 1. The normalized spacial score (nSPS) is 29.6. The molecule has 0 amide bonds. The number of hydrogen-bond acceptors (Lipinski definition) is 3. The van der Waals surface area contributed by atoms with Gasteiger partial charge in [0.2, 0.25) is 0 Å². The highest BCUT2D eigenvalue weighted by molar-refractivity contribution is 5.98. The summed E-state index contributed by atoms with van der Waals surface area (Å²) >= 11 is 0. The van der Waals surface area contributed by atoms with Crippen LogP contribution in [0.3, 0.4) is 0 Å². The van der Waals surface area contributed by atoms with Crippen molar-refractivity contribution in [3.63, 3.8) is 0 Å². The van der Waals surface area contributed by atoms with Gasteiger partial charge in [0.05, 0.1) is 7.11 Å². The molecule has 3 atom stereocenters. The highest BCUT2D eigenvalue weighted by atomic mass is 16.5. The third-order valence-electron chi connectivity index (χ3n) is 5.13. The van der Waals surface area contributed by atoms with Gasteiger partial charge in [-0.2, -0.15) is 0 Å². The van der Waals surface area contributed by atoms with Gasteiger partial charge < -0.3 is 4.74 Å². The third kappa shape index (κ3) is 2.58. The molecule has 0 N–H and O–H groups in total. The van der Waals surface area contributed by atoms with E-state index in [4.69, 9.17) is 4.74 Å². The number of ether oxygens (including phenoxy) is 1. The average molecular weight is 273 g/mol. The molecule has 1 aromatic heterocycles. The van der Waals surface area contributed by atoms with Crippen LogP contribution in [0, 0.1) is 17.8 Å². The summed E-state index contributed by atoms with van der Waals surface area (Å²) in [6, 6.07) is 3.64. The second-order valence-corrected chi connectivity index (χ2v) is 6.23. The molecular weight excluding hydrogens is 250 g/mol. The minimum Gasteiger partial charge on any atom is -0.494 e. The summed E-state index contributed by atoms with van der Waals surface area (Å²) in [6.45, 7) is 0. The molecule has 0 saturated heterocycles. The summed E-state index contributed by atoms with van der Waals surface area (Å²) in [4.78, 5) is 17.0. The Kier molecular flexibility index (Phi) is 4.04. The van der Waals surface area contributed by atoms with Crippen LogP contribution in [0.2, 0.25) is 0 Å². The number of aromatic nitrogens is 1. The first-order chi connectivity index (χ1) is 9.79. The first-order valence-corrected chi connectivity index (χ1v) is 7.83. The van der Waals surface area contributed by atoms with Crippen molar-refractivity contribution in [1.29, 1.82) is 0 Å². The molecule has 108 valence electrons. The second kappa shape index (κ2) is 5.94. The highest BCUT2D eigenvalue weighted by Gasteiger charge is 2.36. The summed E-state index contributed by atoms with van der Waals surface area (Å²) < 4.78 is 5.28. The number of ketones is 1. The van der Waals surface area contributed by atoms with Gasteiger partial charge in [-0.05, 0) is 43.2 Å². The predicted molar refractivity (Wildman–Crippen MR) is 77.9 cm³/mol. The van der Waals surface area contributed by atoms with Crippen LogP contribution in [-0.2, 0) is 0 Å². The van der Waals surface area contributed by atoms with Crippen LogP contribution in [0.5, 0.6) is 5.75 Å². The first-order valence-electron chi connectivity index (χ1n) is 7.83. The van der Waals surface area contributed by atoms with E-state index >= 15 is 0 Å². The van der Waals surface area contributed by atoms with Crippen molar-refractivity contribution >= 4 is 5.78 Å². The van der Waals surface area contributed by atoms with Crippen LogP contribution < -0.4 is 4.74 Å². The lowest BCUT2D eigenvalue weighted by Crippen LogP contribution is -2.31. The van der Waals surface area contributed by atoms with Gasteiger partial charge in [0, 0.05) is 12.1 Å². The van der Waals surface area contributed by atoms with Gasteiger partial charge in [-0.25, -0.2) is 4.98 Å². The lowest BCUT2D eigenvalue weighted by molar-refractivity contribution is 0.0755. The Morgan fingerprint density at radius 3 is 2.80 bits per heavy atom. The smallest absolute Gasteiger partial charge is 0.188 e. The molecule has 3 nitrogen and oxygen atoms in total. The number of nitrogens with zero attached hydrogens (tertiary/aromatic N) is 1. The molecule has 0 aliphatic heterocycles. The maximum atomic E-state index is 12.7. The Bertz CT molecular complexity index is 486. The van der Waals surface area contributed by atoms with E-state index < -0.39 is 0 Å². The third-order valence-corrected chi connectivity index (χ3v) is 5.13. The minimum absolute atomic E-state index is 0.151. The van der Waals surface area contributed by atoms with Crippen LogP contribution in [0.25, 0.3) is 0 Å². The zero-order chi connectivity index (χ0) is 13.9. The topological polar surface area (TPSA) is 39.2 Å². The zero-order valence-corrected chi connectivity index (χ0v) is 12.2. The Morgan fingerprint density at radius 2 is 2.00 bits per heavy atom. The van der Waals surface area contributed by atoms with E-state index in [0.29, 0.717) is 11.4 Å². The van der Waals surface area contributed by atoms with E-state index in [1.165, 1.54) is 32.1 Å². The van der Waals surface area contributed by atoms with Crippen molar-refractivity contribution < 1.29 is 9.53 Å². The minimum atomic E-state index is 0.151. The van der Waals surface area contributed by atoms with Crippen molar-refractivity contribution in [3.8, 4) is 5.75 Å².